The van der Waals surface area contributed by atoms with Crippen molar-refractivity contribution >= 4 is 53.1 Å². The number of rotatable bonds is 11. The number of nitrogens with zero attached hydrogens (tertiary/aromatic N) is 6. The highest BCUT2D eigenvalue weighted by Gasteiger charge is 2.50. The van der Waals surface area contributed by atoms with E-state index in [9.17, 15) is 4.79 Å². The number of amides is 1. The van der Waals surface area contributed by atoms with Crippen LogP contribution in [0.25, 0.3) is 32.8 Å². The predicted molar refractivity (Wildman–Crippen MR) is 294 cm³/mol. The fourth-order valence-corrected chi connectivity index (χ4v) is 17.9. The summed E-state index contributed by atoms with van der Waals surface area (Å²) in [5, 5.41) is -0.888. The molecule has 77 heavy (non-hydrogen) atoms. The van der Waals surface area contributed by atoms with Crippen molar-refractivity contribution in [2.75, 3.05) is 37.7 Å². The standard InChI is InChI=1S/C61H64F6N6O3Si/c1-35(2)77(36(3)4,37(5)6)26-23-44-49-45(27-41(28-46(49)52(65)54(67)51(44)64)68-55(38-17-12-10-13-18-38)39-19-14-11-15-20-39)50-48(63)29-47-56(53(50)66)69-58(75-34-61-24-16-25-72(61)31-40(62)30-61)70-57(47)71-32-42-21-22-43(33-71)73(42)59(74)76-60(7,8)9/h10-15,17-22,27-29,35-37,40,42-43H,16,24-25,30-34H2,1-9H3/t40-,42?,43?,61+/m1/s1. The molecule has 0 saturated carbocycles. The number of carbonyl (C=O) groups excluding carboxylic acids is 1. The van der Waals surface area contributed by atoms with Crippen LogP contribution in [0.1, 0.15) is 98.3 Å². The highest BCUT2D eigenvalue weighted by molar-refractivity contribution is 6.90. The first-order valence-corrected chi connectivity index (χ1v) is 28.9. The average molecular weight is 1070 g/mol. The van der Waals surface area contributed by atoms with Gasteiger partial charge >= 0.3 is 12.1 Å². The Bertz CT molecular complexity index is 3330. The third kappa shape index (κ3) is 9.76. The number of benzene rings is 5. The number of carbonyl (C=O) groups is 1. The Morgan fingerprint density at radius 2 is 1.43 bits per heavy atom. The van der Waals surface area contributed by atoms with Crippen LogP contribution in [0.4, 0.5) is 42.6 Å². The molecule has 1 amide bonds. The van der Waals surface area contributed by atoms with Crippen LogP contribution in [-0.2, 0) is 4.74 Å². The first kappa shape index (κ1) is 53.7. The quantitative estimate of drug-likeness (QED) is 0.0319. The van der Waals surface area contributed by atoms with Crippen molar-refractivity contribution in [1.82, 2.24) is 19.8 Å². The van der Waals surface area contributed by atoms with Crippen molar-refractivity contribution in [2.24, 2.45) is 4.99 Å². The van der Waals surface area contributed by atoms with E-state index < -0.39 is 89.2 Å². The zero-order valence-electron chi connectivity index (χ0n) is 45.0. The highest BCUT2D eigenvalue weighted by atomic mass is 28.3. The normalized spacial score (nSPS) is 20.4. The highest BCUT2D eigenvalue weighted by Crippen LogP contribution is 2.46. The number of anilines is 1. The van der Waals surface area contributed by atoms with Crippen LogP contribution in [0.5, 0.6) is 6.01 Å². The zero-order valence-corrected chi connectivity index (χ0v) is 46.0. The van der Waals surface area contributed by atoms with E-state index in [0.717, 1.165) is 12.5 Å². The molecule has 1 aromatic heterocycles. The van der Waals surface area contributed by atoms with Crippen molar-refractivity contribution in [3.63, 3.8) is 0 Å². The second-order valence-electron chi connectivity index (χ2n) is 23.0. The Morgan fingerprint density at radius 1 is 0.805 bits per heavy atom. The molecule has 402 valence electrons. The van der Waals surface area contributed by atoms with E-state index in [4.69, 9.17) is 19.5 Å². The third-order valence-corrected chi connectivity index (χ3v) is 22.4. The molecule has 5 heterocycles. The molecule has 4 atom stereocenters. The second-order valence-corrected chi connectivity index (χ2v) is 28.6. The maximum atomic E-state index is 18.5. The first-order valence-electron chi connectivity index (χ1n) is 26.6. The van der Waals surface area contributed by atoms with Gasteiger partial charge in [-0.1, -0.05) is 120 Å². The van der Waals surface area contributed by atoms with Gasteiger partial charge in [-0.25, -0.2) is 36.1 Å². The van der Waals surface area contributed by atoms with Crippen molar-refractivity contribution in [3.8, 4) is 28.6 Å². The number of hydrogen-bond donors (Lipinski definition) is 0. The molecular formula is C61H64F6N6O3Si. The van der Waals surface area contributed by atoms with Crippen LogP contribution in [0.2, 0.25) is 16.6 Å². The lowest BCUT2D eigenvalue weighted by Crippen LogP contribution is -2.57. The Morgan fingerprint density at radius 3 is 2.03 bits per heavy atom. The lowest BCUT2D eigenvalue weighted by atomic mass is 9.91. The lowest BCUT2D eigenvalue weighted by molar-refractivity contribution is 0.0146. The van der Waals surface area contributed by atoms with Gasteiger partial charge in [-0.15, -0.1) is 5.54 Å². The minimum Gasteiger partial charge on any atom is -0.461 e. The summed E-state index contributed by atoms with van der Waals surface area (Å²) in [7, 11) is -2.71. The molecular weight excluding hydrogens is 1010 g/mol. The summed E-state index contributed by atoms with van der Waals surface area (Å²) in [5.41, 5.74) is 1.89. The fourth-order valence-electron chi connectivity index (χ4n) is 12.7. The monoisotopic (exact) mass is 1070 g/mol. The first-order chi connectivity index (χ1) is 36.6. The van der Waals surface area contributed by atoms with Crippen LogP contribution in [-0.4, -0.2) is 102 Å². The molecule has 0 spiro atoms. The number of fused-ring (bicyclic) bond motifs is 5. The van der Waals surface area contributed by atoms with Gasteiger partial charge in [0.05, 0.1) is 40.1 Å². The van der Waals surface area contributed by atoms with Crippen LogP contribution < -0.4 is 9.64 Å². The molecule has 10 rings (SSSR count). The van der Waals surface area contributed by atoms with Crippen LogP contribution in [0.15, 0.2) is 96.0 Å². The molecule has 16 heteroatoms. The van der Waals surface area contributed by atoms with Gasteiger partial charge in [0, 0.05) is 53.3 Å². The number of aliphatic imine (C=N–C) groups is 1. The van der Waals surface area contributed by atoms with Crippen LogP contribution >= 0.6 is 0 Å². The van der Waals surface area contributed by atoms with E-state index in [1.165, 1.54) is 12.1 Å². The average Bonchev–Trinajstić information content (AvgIpc) is 4.06. The molecule has 0 aliphatic carbocycles. The van der Waals surface area contributed by atoms with E-state index in [-0.39, 0.29) is 88.7 Å². The van der Waals surface area contributed by atoms with Gasteiger partial charge in [0.1, 0.15) is 43.6 Å². The molecule has 0 radical (unpaired) electrons. The Kier molecular flexibility index (Phi) is 14.4. The summed E-state index contributed by atoms with van der Waals surface area (Å²) < 4.78 is 114. The predicted octanol–water partition coefficient (Wildman–Crippen LogP) is 14.2. The molecule has 3 saturated heterocycles. The zero-order chi connectivity index (χ0) is 54.9. The maximum absolute atomic E-state index is 18.5. The molecule has 2 bridgehead atoms. The van der Waals surface area contributed by atoms with Gasteiger partial charge in [-0.3, -0.25) is 9.80 Å². The Hall–Kier alpha value is -6.70. The number of hydrogen-bond acceptors (Lipinski definition) is 8. The van der Waals surface area contributed by atoms with Crippen LogP contribution in [0, 0.1) is 40.6 Å². The van der Waals surface area contributed by atoms with Gasteiger partial charge in [-0.2, -0.15) is 9.97 Å². The number of halogens is 6. The number of ether oxygens (including phenoxy) is 2. The topological polar surface area (TPSA) is 83.4 Å². The van der Waals surface area contributed by atoms with E-state index in [2.05, 4.69) is 62.9 Å². The van der Waals surface area contributed by atoms with E-state index in [1.54, 1.807) is 25.7 Å². The Balaban J connectivity index is 1.23. The van der Waals surface area contributed by atoms with Crippen molar-refractivity contribution in [1.29, 1.82) is 0 Å². The molecule has 0 N–H and O–H groups in total. The molecule has 9 nitrogen and oxygen atoms in total. The second kappa shape index (κ2) is 20.6. The minimum absolute atomic E-state index is 0.0107. The Labute approximate surface area is 447 Å². The SMILES string of the molecule is CC(C)[Si](C#Cc1c(F)c(F)c(F)c2cc(N=C(c3ccccc3)c3ccccc3)cc(-c3c(F)cc4c(N5CC6C=CC(C5)N6C(=O)OC(C)(C)C)nc(OC[C@@]56CCCN5C[C@H](F)C6)nc4c3F)c12)(C(C)C)C(C)C. The summed E-state index contributed by atoms with van der Waals surface area (Å²) >= 11 is 0. The number of piperazine rings is 1. The third-order valence-electron chi connectivity index (χ3n) is 16.2. The van der Waals surface area contributed by atoms with Crippen molar-refractivity contribution < 1.29 is 40.6 Å². The number of aromatic nitrogens is 2. The molecule has 6 aromatic rings. The van der Waals surface area contributed by atoms with Gasteiger partial charge in [-0.05, 0) is 80.5 Å². The molecule has 5 aromatic carbocycles. The number of alkyl halides is 1. The molecule has 4 aliphatic heterocycles. The summed E-state index contributed by atoms with van der Waals surface area (Å²) in [5.74, 6) is -4.23. The van der Waals surface area contributed by atoms with E-state index in [1.807, 2.05) is 77.7 Å². The minimum atomic E-state index is -2.71. The summed E-state index contributed by atoms with van der Waals surface area (Å²) in [6.07, 6.45) is 3.91. The summed E-state index contributed by atoms with van der Waals surface area (Å²) in [6, 6.07) is 20.7. The lowest BCUT2D eigenvalue weighted by Gasteiger charge is -2.42. The maximum Gasteiger partial charge on any atom is 0.411 e. The molecule has 2 unspecified atom stereocenters. The van der Waals surface area contributed by atoms with E-state index >= 15 is 26.3 Å². The van der Waals surface area contributed by atoms with Gasteiger partial charge < -0.3 is 14.4 Å². The van der Waals surface area contributed by atoms with E-state index in [0.29, 0.717) is 29.8 Å². The smallest absolute Gasteiger partial charge is 0.411 e. The van der Waals surface area contributed by atoms with Crippen molar-refractivity contribution in [2.45, 2.75) is 128 Å². The molecule has 4 aliphatic rings. The largest absolute Gasteiger partial charge is 0.461 e. The van der Waals surface area contributed by atoms with Crippen molar-refractivity contribution in [3.05, 3.63) is 137 Å². The van der Waals surface area contributed by atoms with Gasteiger partial charge in [0.2, 0.25) is 0 Å². The van der Waals surface area contributed by atoms with Gasteiger partial charge in [0.25, 0.3) is 0 Å². The fraction of sp³-hybridized carbons (Fsp3) is 0.410. The van der Waals surface area contributed by atoms with Crippen LogP contribution in [0.3, 0.4) is 0 Å². The summed E-state index contributed by atoms with van der Waals surface area (Å²) in [4.78, 5) is 33.5. The summed E-state index contributed by atoms with van der Waals surface area (Å²) in [6.45, 7) is 18.9. The molecule has 3 fully saturated rings. The van der Waals surface area contributed by atoms with Gasteiger partial charge in [0.15, 0.2) is 23.3 Å².